The first-order chi connectivity index (χ1) is 11.3. The van der Waals surface area contributed by atoms with E-state index < -0.39 is 19.0 Å². The SMILES string of the molecule is FC(F)Oc1cccc(CBr)c1OC(F)F.O=C1CCC(=O)N1Br. The quantitative estimate of drug-likeness (QED) is 0.274. The number of rotatable bonds is 5. The molecule has 0 spiro atoms. The summed E-state index contributed by atoms with van der Waals surface area (Å²) in [6.45, 7) is -6.19. The lowest BCUT2D eigenvalue weighted by molar-refractivity contribution is -0.131. The number of halogens is 6. The normalized spacial score (nSPS) is 14.1. The number of para-hydroxylation sites is 1. The monoisotopic (exact) mass is 479 g/mol. The Bertz CT molecular complexity index is 573. The maximum absolute atomic E-state index is 12.1. The number of benzene rings is 1. The van der Waals surface area contributed by atoms with Crippen molar-refractivity contribution in [3.05, 3.63) is 23.8 Å². The summed E-state index contributed by atoms with van der Waals surface area (Å²) in [6, 6.07) is 4.01. The van der Waals surface area contributed by atoms with Gasteiger partial charge in [-0.1, -0.05) is 28.1 Å². The van der Waals surface area contributed by atoms with Crippen LogP contribution in [-0.4, -0.2) is 29.0 Å². The van der Waals surface area contributed by atoms with E-state index >= 15 is 0 Å². The molecule has 1 heterocycles. The molecule has 1 aromatic carbocycles. The lowest BCUT2D eigenvalue weighted by Crippen LogP contribution is -2.16. The summed E-state index contributed by atoms with van der Waals surface area (Å²) in [5, 5.41) is 0.190. The molecule has 0 aromatic heterocycles. The predicted molar refractivity (Wildman–Crippen MR) is 82.4 cm³/mol. The average molecular weight is 481 g/mol. The summed E-state index contributed by atoms with van der Waals surface area (Å²) in [5.74, 6) is -1.08. The molecule has 0 unspecified atom stereocenters. The van der Waals surface area contributed by atoms with Gasteiger partial charge in [0.15, 0.2) is 11.5 Å². The minimum atomic E-state index is -3.10. The summed E-state index contributed by atoms with van der Waals surface area (Å²) < 4.78 is 57.3. The van der Waals surface area contributed by atoms with Crippen LogP contribution in [0, 0.1) is 0 Å². The van der Waals surface area contributed by atoms with Crippen molar-refractivity contribution in [3.63, 3.8) is 0 Å². The lowest BCUT2D eigenvalue weighted by atomic mass is 10.2. The van der Waals surface area contributed by atoms with Gasteiger partial charge in [-0.3, -0.25) is 9.59 Å². The fourth-order valence-corrected chi connectivity index (χ4v) is 2.42. The maximum atomic E-state index is 12.1. The van der Waals surface area contributed by atoms with Crippen molar-refractivity contribution >= 4 is 43.9 Å². The second-order valence-corrected chi connectivity index (χ2v) is 5.47. The molecule has 1 aromatic rings. The van der Waals surface area contributed by atoms with E-state index in [1.807, 2.05) is 0 Å². The molecule has 0 N–H and O–H groups in total. The standard InChI is InChI=1S/C9H7BrF4O2.C4H4BrNO2/c10-4-5-2-1-3-6(15-8(11)12)7(5)16-9(13)14;5-6-3(7)1-2-4(6)8/h1-3,8-9H,4H2;1-2H2. The number of carbonyl (C=O) groups excluding carboxylic acids is 2. The van der Waals surface area contributed by atoms with Crippen LogP contribution < -0.4 is 9.47 Å². The van der Waals surface area contributed by atoms with Gasteiger partial charge in [-0.05, 0) is 6.07 Å². The van der Waals surface area contributed by atoms with Crippen molar-refractivity contribution < 1.29 is 36.6 Å². The summed E-state index contributed by atoms with van der Waals surface area (Å²) in [6.07, 6.45) is 0.703. The number of amides is 2. The Morgan fingerprint density at radius 2 is 1.58 bits per heavy atom. The Kier molecular flexibility index (Phi) is 8.46. The van der Waals surface area contributed by atoms with E-state index in [0.717, 1.165) is 9.99 Å². The molecule has 1 aliphatic rings. The highest BCUT2D eigenvalue weighted by Crippen LogP contribution is 2.34. The van der Waals surface area contributed by atoms with Crippen molar-refractivity contribution in [1.29, 1.82) is 0 Å². The Morgan fingerprint density at radius 3 is 1.96 bits per heavy atom. The smallest absolute Gasteiger partial charge is 0.387 e. The van der Waals surface area contributed by atoms with Crippen LogP contribution in [0.2, 0.25) is 0 Å². The largest absolute Gasteiger partial charge is 0.431 e. The van der Waals surface area contributed by atoms with Crippen LogP contribution in [0.15, 0.2) is 18.2 Å². The zero-order chi connectivity index (χ0) is 18.3. The van der Waals surface area contributed by atoms with Gasteiger partial charge in [-0.25, -0.2) is 3.93 Å². The second kappa shape index (κ2) is 9.82. The molecule has 2 amide bonds. The number of hydrogen-bond acceptors (Lipinski definition) is 4. The van der Waals surface area contributed by atoms with Crippen molar-refractivity contribution in [2.75, 3.05) is 0 Å². The number of imide groups is 1. The van der Waals surface area contributed by atoms with Gasteiger partial charge < -0.3 is 9.47 Å². The Balaban J connectivity index is 0.000000300. The molecule has 1 fully saturated rings. The number of alkyl halides is 5. The topological polar surface area (TPSA) is 55.8 Å². The van der Waals surface area contributed by atoms with E-state index in [1.165, 1.54) is 12.1 Å². The molecule has 0 aliphatic carbocycles. The number of carbonyl (C=O) groups is 2. The van der Waals surface area contributed by atoms with Crippen LogP contribution in [0.1, 0.15) is 18.4 Å². The number of ether oxygens (including phenoxy) is 2. The van der Waals surface area contributed by atoms with E-state index in [1.54, 1.807) is 0 Å². The van der Waals surface area contributed by atoms with Gasteiger partial charge in [0.2, 0.25) is 11.8 Å². The fraction of sp³-hybridized carbons (Fsp3) is 0.385. The Hall–Kier alpha value is -1.36. The molecule has 0 atom stereocenters. The molecule has 0 saturated carbocycles. The molecule has 11 heteroatoms. The van der Waals surface area contributed by atoms with Crippen molar-refractivity contribution in [1.82, 2.24) is 3.93 Å². The third-order valence-corrected chi connectivity index (χ3v) is 4.01. The van der Waals surface area contributed by atoms with E-state index in [-0.39, 0.29) is 22.9 Å². The van der Waals surface area contributed by atoms with Crippen LogP contribution in [0.5, 0.6) is 11.5 Å². The number of nitrogens with zero attached hydrogens (tertiary/aromatic N) is 1. The second-order valence-electron chi connectivity index (χ2n) is 4.20. The van der Waals surface area contributed by atoms with E-state index in [9.17, 15) is 27.2 Å². The molecular formula is C13H11Br2F4NO4. The van der Waals surface area contributed by atoms with Gasteiger partial charge in [0.05, 0.1) is 16.1 Å². The molecule has 1 saturated heterocycles. The van der Waals surface area contributed by atoms with E-state index in [4.69, 9.17) is 0 Å². The van der Waals surface area contributed by atoms with Crippen molar-refractivity contribution in [2.45, 2.75) is 31.4 Å². The van der Waals surface area contributed by atoms with Crippen LogP contribution in [0.4, 0.5) is 17.6 Å². The van der Waals surface area contributed by atoms with E-state index in [2.05, 4.69) is 41.6 Å². The summed E-state index contributed by atoms with van der Waals surface area (Å²) in [4.78, 5) is 20.9. The van der Waals surface area contributed by atoms with E-state index in [0.29, 0.717) is 18.4 Å². The predicted octanol–water partition coefficient (Wildman–Crippen LogP) is 4.23. The lowest BCUT2D eigenvalue weighted by Gasteiger charge is -2.14. The van der Waals surface area contributed by atoms with Crippen LogP contribution in [0.3, 0.4) is 0 Å². The summed E-state index contributed by atoms with van der Waals surface area (Å²) in [5.41, 5.74) is 0.304. The highest BCUT2D eigenvalue weighted by atomic mass is 79.9. The van der Waals surface area contributed by atoms with Crippen molar-refractivity contribution in [2.24, 2.45) is 0 Å². The minimum absolute atomic E-state index is 0.144. The zero-order valence-electron chi connectivity index (χ0n) is 11.9. The first kappa shape index (κ1) is 20.7. The van der Waals surface area contributed by atoms with Gasteiger partial charge in [0.25, 0.3) is 0 Å². The zero-order valence-corrected chi connectivity index (χ0v) is 15.0. The highest BCUT2D eigenvalue weighted by Gasteiger charge is 2.26. The summed E-state index contributed by atoms with van der Waals surface area (Å²) >= 11 is 5.83. The van der Waals surface area contributed by atoms with Crippen LogP contribution in [0.25, 0.3) is 0 Å². The average Bonchev–Trinajstić information content (AvgIpc) is 2.80. The molecule has 0 radical (unpaired) electrons. The Labute approximate surface area is 151 Å². The molecule has 24 heavy (non-hydrogen) atoms. The van der Waals surface area contributed by atoms with Gasteiger partial charge in [0, 0.05) is 23.7 Å². The molecule has 2 rings (SSSR count). The maximum Gasteiger partial charge on any atom is 0.387 e. The molecule has 5 nitrogen and oxygen atoms in total. The van der Waals surface area contributed by atoms with Crippen molar-refractivity contribution in [3.8, 4) is 11.5 Å². The third-order valence-electron chi connectivity index (χ3n) is 2.62. The first-order valence-electron chi connectivity index (χ1n) is 6.35. The molecule has 0 bridgehead atoms. The molecular weight excluding hydrogens is 470 g/mol. The van der Waals surface area contributed by atoms with Gasteiger partial charge >= 0.3 is 13.2 Å². The molecule has 134 valence electrons. The van der Waals surface area contributed by atoms with Gasteiger partial charge in [0.1, 0.15) is 0 Å². The summed E-state index contributed by atoms with van der Waals surface area (Å²) in [7, 11) is 0. The highest BCUT2D eigenvalue weighted by molar-refractivity contribution is 9.08. The van der Waals surface area contributed by atoms with Gasteiger partial charge in [-0.2, -0.15) is 17.6 Å². The minimum Gasteiger partial charge on any atom is -0.431 e. The van der Waals surface area contributed by atoms with Crippen LogP contribution in [-0.2, 0) is 14.9 Å². The first-order valence-corrected chi connectivity index (χ1v) is 8.18. The van der Waals surface area contributed by atoms with Gasteiger partial charge in [-0.15, -0.1) is 0 Å². The third kappa shape index (κ3) is 6.27. The Morgan fingerprint density at radius 1 is 1.04 bits per heavy atom. The molecule has 1 aliphatic heterocycles. The fourth-order valence-electron chi connectivity index (χ4n) is 1.63. The van der Waals surface area contributed by atoms with Crippen LogP contribution >= 0.6 is 32.1 Å². The number of hydrogen-bond donors (Lipinski definition) is 0.